The Morgan fingerprint density at radius 3 is 2.90 bits per heavy atom. The highest BCUT2D eigenvalue weighted by molar-refractivity contribution is 5.69. The van der Waals surface area contributed by atoms with Crippen molar-refractivity contribution in [2.75, 3.05) is 0 Å². The Labute approximate surface area is 174 Å². The number of fused-ring (bicyclic) bond motifs is 2. The Morgan fingerprint density at radius 2 is 2.17 bits per heavy atom. The first-order chi connectivity index (χ1) is 14.5. The van der Waals surface area contributed by atoms with Crippen molar-refractivity contribution in [3.63, 3.8) is 0 Å². The molecule has 2 bridgehead atoms. The zero-order valence-electron chi connectivity index (χ0n) is 16.8. The minimum Gasteiger partial charge on any atom is -0.507 e. The first-order valence-electron chi connectivity index (χ1n) is 10.3. The van der Waals surface area contributed by atoms with E-state index in [9.17, 15) is 5.11 Å². The summed E-state index contributed by atoms with van der Waals surface area (Å²) in [7, 11) is 0. The number of phenols is 1. The standard InChI is InChI=1S/C23H24FN5O/c1-23-8-2-3-16(26-23)11-15(22(23)24)12-17-4-7-20(28-27-17)19-6-5-18(13-21(19)30)29-10-9-25-14-29/h4-7,9-10,12-14,16,22,26,30H,2-3,8,11H2,1H3/b15-12+/t16?,22-,23+/m1/s1. The number of benzene rings is 1. The lowest BCUT2D eigenvalue weighted by Gasteiger charge is -2.47. The Kier molecular flexibility index (Phi) is 4.62. The molecule has 2 saturated heterocycles. The van der Waals surface area contributed by atoms with Gasteiger partial charge in [0.05, 0.1) is 28.9 Å². The minimum atomic E-state index is -1.02. The van der Waals surface area contributed by atoms with Crippen molar-refractivity contribution in [1.29, 1.82) is 0 Å². The van der Waals surface area contributed by atoms with Crippen molar-refractivity contribution in [1.82, 2.24) is 25.1 Å². The number of halogens is 1. The van der Waals surface area contributed by atoms with E-state index in [4.69, 9.17) is 0 Å². The van der Waals surface area contributed by atoms with Crippen molar-refractivity contribution in [2.24, 2.45) is 0 Å². The maximum Gasteiger partial charge on any atom is 0.139 e. The van der Waals surface area contributed by atoms with Crippen LogP contribution in [0.2, 0.25) is 0 Å². The molecule has 1 aromatic carbocycles. The van der Waals surface area contributed by atoms with Gasteiger partial charge in [-0.15, -0.1) is 5.10 Å². The molecule has 154 valence electrons. The van der Waals surface area contributed by atoms with Crippen molar-refractivity contribution in [3.05, 3.63) is 60.3 Å². The van der Waals surface area contributed by atoms with Gasteiger partial charge in [-0.2, -0.15) is 5.10 Å². The average Bonchev–Trinajstić information content (AvgIpc) is 3.28. The summed E-state index contributed by atoms with van der Waals surface area (Å²) in [6, 6.07) is 9.32. The third-order valence-corrected chi connectivity index (χ3v) is 6.23. The van der Waals surface area contributed by atoms with Crippen LogP contribution in [0.25, 0.3) is 23.0 Å². The van der Waals surface area contributed by atoms with Crippen LogP contribution in [0.5, 0.6) is 5.75 Å². The van der Waals surface area contributed by atoms with E-state index in [1.165, 1.54) is 0 Å². The number of alkyl halides is 1. The van der Waals surface area contributed by atoms with Gasteiger partial charge in [-0.05, 0) is 68.5 Å². The number of rotatable bonds is 3. The van der Waals surface area contributed by atoms with Gasteiger partial charge in [0.15, 0.2) is 0 Å². The molecular weight excluding hydrogens is 381 g/mol. The van der Waals surface area contributed by atoms with Gasteiger partial charge in [-0.3, -0.25) is 0 Å². The third-order valence-electron chi connectivity index (χ3n) is 6.23. The quantitative estimate of drug-likeness (QED) is 0.687. The molecule has 2 aliphatic rings. The molecule has 2 N–H and O–H groups in total. The molecule has 0 radical (unpaired) electrons. The predicted molar refractivity (Wildman–Crippen MR) is 113 cm³/mol. The summed E-state index contributed by atoms with van der Waals surface area (Å²) < 4.78 is 16.9. The molecule has 2 fully saturated rings. The molecule has 0 amide bonds. The fourth-order valence-electron chi connectivity index (χ4n) is 4.67. The number of hydrogen-bond acceptors (Lipinski definition) is 5. The molecule has 30 heavy (non-hydrogen) atoms. The summed E-state index contributed by atoms with van der Waals surface area (Å²) >= 11 is 0. The summed E-state index contributed by atoms with van der Waals surface area (Å²) in [5.41, 5.74) is 2.91. The van der Waals surface area contributed by atoms with Gasteiger partial charge < -0.3 is 15.0 Å². The molecule has 4 heterocycles. The van der Waals surface area contributed by atoms with E-state index in [1.807, 2.05) is 42.0 Å². The second-order valence-electron chi connectivity index (χ2n) is 8.45. The van der Waals surface area contributed by atoms with Crippen LogP contribution in [-0.2, 0) is 0 Å². The number of nitrogens with zero attached hydrogens (tertiary/aromatic N) is 4. The molecule has 7 heteroatoms. The lowest BCUT2D eigenvalue weighted by molar-refractivity contribution is 0.0993. The number of imidazole rings is 1. The van der Waals surface area contributed by atoms with Crippen molar-refractivity contribution >= 4 is 6.08 Å². The van der Waals surface area contributed by atoms with Crippen LogP contribution in [0.3, 0.4) is 0 Å². The van der Waals surface area contributed by atoms with E-state index in [-0.39, 0.29) is 5.75 Å². The molecule has 0 aliphatic carbocycles. The summed E-state index contributed by atoms with van der Waals surface area (Å²) in [5.74, 6) is 0.115. The molecular formula is C23H24FN5O. The average molecular weight is 405 g/mol. The fraction of sp³-hybridized carbons (Fsp3) is 0.348. The Balaban J connectivity index is 1.39. The summed E-state index contributed by atoms with van der Waals surface area (Å²) in [5, 5.41) is 22.5. The molecule has 6 nitrogen and oxygen atoms in total. The van der Waals surface area contributed by atoms with Gasteiger partial charge in [0.2, 0.25) is 0 Å². The molecule has 0 spiro atoms. The van der Waals surface area contributed by atoms with E-state index < -0.39 is 11.7 Å². The van der Waals surface area contributed by atoms with E-state index >= 15 is 4.39 Å². The number of aromatic nitrogens is 4. The molecule has 1 unspecified atom stereocenters. The largest absolute Gasteiger partial charge is 0.507 e. The number of aromatic hydroxyl groups is 1. The molecule has 2 aliphatic heterocycles. The van der Waals surface area contributed by atoms with Crippen LogP contribution < -0.4 is 5.32 Å². The number of hydrogen-bond donors (Lipinski definition) is 2. The van der Waals surface area contributed by atoms with E-state index in [0.29, 0.717) is 29.4 Å². The predicted octanol–water partition coefficient (Wildman–Crippen LogP) is 4.06. The molecule has 0 saturated carbocycles. The summed E-state index contributed by atoms with van der Waals surface area (Å²) in [6.07, 6.45) is 9.68. The maximum atomic E-state index is 15.1. The Bertz CT molecular complexity index is 1080. The Hall–Kier alpha value is -3.06. The van der Waals surface area contributed by atoms with Gasteiger partial charge in [0.25, 0.3) is 0 Å². The van der Waals surface area contributed by atoms with Crippen LogP contribution in [0.15, 0.2) is 54.6 Å². The third kappa shape index (κ3) is 3.39. The van der Waals surface area contributed by atoms with Crippen molar-refractivity contribution in [2.45, 2.75) is 50.4 Å². The van der Waals surface area contributed by atoms with Gasteiger partial charge in [-0.1, -0.05) is 0 Å². The summed E-state index contributed by atoms with van der Waals surface area (Å²) in [4.78, 5) is 4.02. The minimum absolute atomic E-state index is 0.115. The highest BCUT2D eigenvalue weighted by Gasteiger charge is 2.45. The topological polar surface area (TPSA) is 75.9 Å². The SMILES string of the molecule is C[C@]12CCCC(C/C(=C\c3ccc(-c4ccc(-n5ccnc5)cc4O)nn3)[C@H]1F)N2. The first-order valence-corrected chi connectivity index (χ1v) is 10.3. The molecule has 5 rings (SSSR count). The van der Waals surface area contributed by atoms with Crippen LogP contribution in [-0.4, -0.2) is 42.6 Å². The van der Waals surface area contributed by atoms with Crippen molar-refractivity contribution < 1.29 is 9.50 Å². The second kappa shape index (κ2) is 7.32. The summed E-state index contributed by atoms with van der Waals surface area (Å²) in [6.45, 7) is 1.97. The lowest BCUT2D eigenvalue weighted by atomic mass is 9.74. The van der Waals surface area contributed by atoms with Crippen molar-refractivity contribution in [3.8, 4) is 22.7 Å². The van der Waals surface area contributed by atoms with Gasteiger partial charge in [0, 0.05) is 30.1 Å². The highest BCUT2D eigenvalue weighted by Crippen LogP contribution is 2.39. The van der Waals surface area contributed by atoms with Gasteiger partial charge in [-0.25, -0.2) is 9.37 Å². The van der Waals surface area contributed by atoms with Crippen LogP contribution >= 0.6 is 0 Å². The Morgan fingerprint density at radius 1 is 1.27 bits per heavy atom. The van der Waals surface area contributed by atoms with E-state index in [1.54, 1.807) is 24.7 Å². The smallest absolute Gasteiger partial charge is 0.139 e. The number of nitrogens with one attached hydrogen (secondary N) is 1. The van der Waals surface area contributed by atoms with Gasteiger partial charge in [0.1, 0.15) is 11.9 Å². The normalized spacial score (nSPS) is 27.3. The monoisotopic (exact) mass is 405 g/mol. The second-order valence-corrected chi connectivity index (χ2v) is 8.45. The fourth-order valence-corrected chi connectivity index (χ4v) is 4.67. The number of phenolic OH excluding ortho intramolecular Hbond substituents is 1. The zero-order chi connectivity index (χ0) is 20.7. The molecule has 2 aromatic heterocycles. The lowest BCUT2D eigenvalue weighted by Crippen LogP contribution is -2.61. The maximum absolute atomic E-state index is 15.1. The van der Waals surface area contributed by atoms with Crippen LogP contribution in [0, 0.1) is 0 Å². The first kappa shape index (κ1) is 18.9. The number of piperidine rings is 2. The van der Waals surface area contributed by atoms with Crippen LogP contribution in [0.1, 0.15) is 38.3 Å². The molecule has 3 aromatic rings. The van der Waals surface area contributed by atoms with E-state index in [0.717, 1.165) is 30.5 Å². The van der Waals surface area contributed by atoms with Crippen LogP contribution in [0.4, 0.5) is 4.39 Å². The van der Waals surface area contributed by atoms with E-state index in [2.05, 4.69) is 20.5 Å². The molecule has 3 atom stereocenters. The zero-order valence-corrected chi connectivity index (χ0v) is 16.8. The van der Waals surface area contributed by atoms with Gasteiger partial charge >= 0.3 is 0 Å². The highest BCUT2D eigenvalue weighted by atomic mass is 19.1.